The predicted octanol–water partition coefficient (Wildman–Crippen LogP) is 2.51. The van der Waals surface area contributed by atoms with E-state index in [9.17, 15) is 14.4 Å². The van der Waals surface area contributed by atoms with Crippen LogP contribution >= 0.6 is 0 Å². The third-order valence-electron chi connectivity index (χ3n) is 7.27. The monoisotopic (exact) mass is 488 g/mol. The summed E-state index contributed by atoms with van der Waals surface area (Å²) in [5, 5.41) is 2.31. The minimum Gasteiger partial charge on any atom is -0.376 e. The zero-order valence-electron chi connectivity index (χ0n) is 21.1. The Balaban J connectivity index is 1.19. The molecule has 1 saturated carbocycles. The normalized spacial score (nSPS) is 24.7. The van der Waals surface area contributed by atoms with Crippen LogP contribution in [0.15, 0.2) is 23.1 Å². The number of rotatable bonds is 9. The van der Waals surface area contributed by atoms with Gasteiger partial charge in [-0.25, -0.2) is 4.79 Å². The first-order valence-corrected chi connectivity index (χ1v) is 13.2. The fourth-order valence-electron chi connectivity index (χ4n) is 5.32. The molecule has 0 aromatic carbocycles. The molecular formula is C26H40N4O5. The van der Waals surface area contributed by atoms with Crippen LogP contribution in [-0.4, -0.2) is 76.9 Å². The Morgan fingerprint density at radius 1 is 0.943 bits per heavy atom. The van der Waals surface area contributed by atoms with Gasteiger partial charge in [0, 0.05) is 50.9 Å². The minimum atomic E-state index is -0.432. The van der Waals surface area contributed by atoms with Crippen molar-refractivity contribution in [3.63, 3.8) is 0 Å². The van der Waals surface area contributed by atoms with E-state index >= 15 is 0 Å². The lowest BCUT2D eigenvalue weighted by Gasteiger charge is -2.36. The number of urea groups is 1. The van der Waals surface area contributed by atoms with E-state index in [1.165, 1.54) is 4.90 Å². The number of aromatic nitrogens is 1. The van der Waals surface area contributed by atoms with E-state index in [-0.39, 0.29) is 24.4 Å². The molecule has 1 N–H and O–H groups in total. The Morgan fingerprint density at radius 2 is 1.63 bits per heavy atom. The van der Waals surface area contributed by atoms with E-state index in [1.807, 2.05) is 6.07 Å². The van der Waals surface area contributed by atoms with Crippen LogP contribution in [0.2, 0.25) is 0 Å². The van der Waals surface area contributed by atoms with Gasteiger partial charge in [0.1, 0.15) is 0 Å². The molecule has 4 rings (SSSR count). The molecule has 2 aliphatic heterocycles. The maximum Gasteiger partial charge on any atom is 0.324 e. The molecule has 0 unspecified atom stereocenters. The van der Waals surface area contributed by atoms with Crippen molar-refractivity contribution in [1.82, 2.24) is 19.7 Å². The molecule has 0 atom stereocenters. The molecule has 194 valence electrons. The molecule has 35 heavy (non-hydrogen) atoms. The van der Waals surface area contributed by atoms with Crippen LogP contribution in [0.5, 0.6) is 0 Å². The fourth-order valence-corrected chi connectivity index (χ4v) is 5.32. The lowest BCUT2D eigenvalue weighted by atomic mass is 9.94. The van der Waals surface area contributed by atoms with Gasteiger partial charge in [-0.15, -0.1) is 0 Å². The standard InChI is InChI=1S/C26H40N4O5/c1-19(2)34-21-5-7-22(8-6-21)35-23-9-13-28(14-10-23)16-17-29-12-3-4-20(25(29)32)18-30-15-11-24(31)27-26(30)33/h3-4,12,19,21-23H,5-11,13-18H2,1-2H3,(H,27,31,33). The van der Waals surface area contributed by atoms with Gasteiger partial charge in [0.05, 0.1) is 31.0 Å². The van der Waals surface area contributed by atoms with Crippen LogP contribution in [0, 0.1) is 0 Å². The number of nitrogens with one attached hydrogen (secondary N) is 1. The maximum atomic E-state index is 12.9. The Bertz CT molecular complexity index is 917. The summed E-state index contributed by atoms with van der Waals surface area (Å²) in [7, 11) is 0. The van der Waals surface area contributed by atoms with Crippen LogP contribution < -0.4 is 10.9 Å². The van der Waals surface area contributed by atoms with E-state index in [0.717, 1.165) is 58.2 Å². The van der Waals surface area contributed by atoms with E-state index < -0.39 is 6.03 Å². The number of imide groups is 1. The molecule has 3 heterocycles. The van der Waals surface area contributed by atoms with E-state index in [1.54, 1.807) is 16.8 Å². The summed E-state index contributed by atoms with van der Waals surface area (Å²) in [6, 6.07) is 3.18. The Morgan fingerprint density at radius 3 is 2.31 bits per heavy atom. The summed E-state index contributed by atoms with van der Waals surface area (Å²) < 4.78 is 14.1. The smallest absolute Gasteiger partial charge is 0.324 e. The van der Waals surface area contributed by atoms with Gasteiger partial charge >= 0.3 is 6.03 Å². The Labute approximate surface area is 207 Å². The summed E-state index contributed by atoms with van der Waals surface area (Å²) in [6.45, 7) is 8.14. The second-order valence-corrected chi connectivity index (χ2v) is 10.3. The maximum absolute atomic E-state index is 12.9. The van der Waals surface area contributed by atoms with Crippen LogP contribution in [0.3, 0.4) is 0 Å². The minimum absolute atomic E-state index is 0.0764. The number of hydrogen-bond acceptors (Lipinski definition) is 6. The lowest BCUT2D eigenvalue weighted by Crippen LogP contribution is -2.49. The van der Waals surface area contributed by atoms with Gasteiger partial charge in [-0.3, -0.25) is 14.9 Å². The zero-order chi connectivity index (χ0) is 24.8. The molecule has 9 heteroatoms. The Kier molecular flexibility index (Phi) is 8.97. The number of pyridine rings is 1. The quantitative estimate of drug-likeness (QED) is 0.574. The van der Waals surface area contributed by atoms with Gasteiger partial charge in [0.25, 0.3) is 5.56 Å². The van der Waals surface area contributed by atoms with Crippen molar-refractivity contribution in [2.45, 2.75) is 96.3 Å². The van der Waals surface area contributed by atoms with Crippen molar-refractivity contribution in [2.75, 3.05) is 26.2 Å². The summed E-state index contributed by atoms with van der Waals surface area (Å²) in [5.41, 5.74) is 0.491. The van der Waals surface area contributed by atoms with E-state index in [2.05, 4.69) is 24.1 Å². The van der Waals surface area contributed by atoms with Crippen molar-refractivity contribution in [3.8, 4) is 0 Å². The van der Waals surface area contributed by atoms with Gasteiger partial charge < -0.3 is 23.8 Å². The molecular weight excluding hydrogens is 448 g/mol. The topological polar surface area (TPSA) is 93.1 Å². The Hall–Kier alpha value is -2.23. The molecule has 3 fully saturated rings. The number of carbonyl (C=O) groups excluding carboxylic acids is 2. The average Bonchev–Trinajstić information content (AvgIpc) is 2.83. The van der Waals surface area contributed by atoms with Crippen LogP contribution in [0.25, 0.3) is 0 Å². The molecule has 9 nitrogen and oxygen atoms in total. The number of ether oxygens (including phenoxy) is 2. The first kappa shape index (κ1) is 25.9. The highest BCUT2D eigenvalue weighted by Crippen LogP contribution is 2.27. The molecule has 0 radical (unpaired) electrons. The SMILES string of the molecule is CC(C)OC1CCC(OC2CCN(CCn3cccc(CN4CCC(=O)NC4=O)c3=O)CC2)CC1. The second-order valence-electron chi connectivity index (χ2n) is 10.3. The third kappa shape index (κ3) is 7.38. The highest BCUT2D eigenvalue weighted by Gasteiger charge is 2.27. The van der Waals surface area contributed by atoms with Gasteiger partial charge in [0.2, 0.25) is 5.91 Å². The number of likely N-dealkylation sites (tertiary alicyclic amines) is 1. The van der Waals surface area contributed by atoms with Crippen molar-refractivity contribution in [2.24, 2.45) is 0 Å². The number of nitrogens with zero attached hydrogens (tertiary/aromatic N) is 3. The number of carbonyl (C=O) groups is 2. The van der Waals surface area contributed by atoms with Gasteiger partial charge in [0.15, 0.2) is 0 Å². The summed E-state index contributed by atoms with van der Waals surface area (Å²) in [6.07, 6.45) is 9.86. The molecule has 0 bridgehead atoms. The van der Waals surface area contributed by atoms with Crippen LogP contribution in [-0.2, 0) is 27.4 Å². The number of amides is 3. The van der Waals surface area contributed by atoms with Crippen LogP contribution in [0.1, 0.15) is 64.4 Å². The lowest BCUT2D eigenvalue weighted by molar-refractivity contribution is -0.121. The second kappa shape index (κ2) is 12.1. The zero-order valence-corrected chi connectivity index (χ0v) is 21.1. The molecule has 1 aromatic heterocycles. The van der Waals surface area contributed by atoms with Crippen molar-refractivity contribution in [3.05, 3.63) is 34.2 Å². The molecule has 0 spiro atoms. The van der Waals surface area contributed by atoms with E-state index in [0.29, 0.717) is 43.1 Å². The fraction of sp³-hybridized carbons (Fsp3) is 0.731. The van der Waals surface area contributed by atoms with Crippen molar-refractivity contribution in [1.29, 1.82) is 0 Å². The van der Waals surface area contributed by atoms with E-state index in [4.69, 9.17) is 9.47 Å². The summed E-state index contributed by atoms with van der Waals surface area (Å²) in [4.78, 5) is 40.2. The summed E-state index contributed by atoms with van der Waals surface area (Å²) in [5.74, 6) is -0.269. The molecule has 1 aliphatic carbocycles. The first-order chi connectivity index (χ1) is 16.9. The largest absolute Gasteiger partial charge is 0.376 e. The highest BCUT2D eigenvalue weighted by molar-refractivity contribution is 5.96. The predicted molar refractivity (Wildman–Crippen MR) is 132 cm³/mol. The molecule has 3 aliphatic rings. The molecule has 3 amide bonds. The number of hydrogen-bond donors (Lipinski definition) is 1. The van der Waals surface area contributed by atoms with Crippen LogP contribution in [0.4, 0.5) is 4.79 Å². The molecule has 1 aromatic rings. The molecule has 2 saturated heterocycles. The van der Waals surface area contributed by atoms with Crippen molar-refractivity contribution >= 4 is 11.9 Å². The number of piperidine rings is 1. The first-order valence-electron chi connectivity index (χ1n) is 13.2. The summed E-state index contributed by atoms with van der Waals surface area (Å²) >= 11 is 0. The van der Waals surface area contributed by atoms with Gasteiger partial charge in [-0.1, -0.05) is 6.07 Å². The van der Waals surface area contributed by atoms with Crippen molar-refractivity contribution < 1.29 is 19.1 Å². The average molecular weight is 489 g/mol. The van der Waals surface area contributed by atoms with Gasteiger partial charge in [-0.05, 0) is 58.4 Å². The third-order valence-corrected chi connectivity index (χ3v) is 7.27. The highest BCUT2D eigenvalue weighted by atomic mass is 16.5. The van der Waals surface area contributed by atoms with Gasteiger partial charge in [-0.2, -0.15) is 0 Å².